The lowest BCUT2D eigenvalue weighted by molar-refractivity contribution is 0.102. The van der Waals surface area contributed by atoms with Gasteiger partial charge in [0.15, 0.2) is 4.34 Å². The number of nitrogens with one attached hydrogen (secondary N) is 1. The maximum atomic E-state index is 12.3. The van der Waals surface area contributed by atoms with Crippen LogP contribution in [0.15, 0.2) is 16.5 Å². The van der Waals surface area contributed by atoms with Crippen LogP contribution in [0.1, 0.15) is 22.8 Å². The summed E-state index contributed by atoms with van der Waals surface area (Å²) in [4.78, 5) is 12.3. The van der Waals surface area contributed by atoms with Crippen LogP contribution in [0.25, 0.3) is 0 Å². The topological polar surface area (TPSA) is 73.3 Å². The fraction of sp³-hybridized carbons (Fsp3) is 0.357. The average molecular weight is 339 g/mol. The number of nitrogens with zero attached hydrogens (tertiary/aromatic N) is 2. The number of amides is 1. The molecule has 22 heavy (non-hydrogen) atoms. The lowest BCUT2D eigenvalue weighted by Gasteiger charge is -2.12. The Bertz CT molecular complexity index is 648. The minimum atomic E-state index is -0.277. The Morgan fingerprint density at radius 3 is 2.45 bits per heavy atom. The molecule has 0 radical (unpaired) electrons. The second-order valence-electron chi connectivity index (χ2n) is 4.27. The highest BCUT2D eigenvalue weighted by Crippen LogP contribution is 2.30. The van der Waals surface area contributed by atoms with Crippen LogP contribution in [0.4, 0.5) is 5.13 Å². The number of methoxy groups -OCH3 is 2. The summed E-state index contributed by atoms with van der Waals surface area (Å²) < 4.78 is 11.4. The number of ether oxygens (including phenoxy) is 2. The Morgan fingerprint density at radius 1 is 1.27 bits per heavy atom. The standard InChI is InChI=1S/C14H17N3O3S2/c1-5-21-14-17-16-13(22-14)15-12(18)9-6-10(19-3)8(2)11(7-9)20-4/h6-7H,5H2,1-4H3,(H,15,16,18). The summed E-state index contributed by atoms with van der Waals surface area (Å²) in [6.45, 7) is 3.91. The van der Waals surface area contributed by atoms with Gasteiger partial charge in [0.1, 0.15) is 11.5 Å². The number of aromatic nitrogens is 2. The molecule has 118 valence electrons. The summed E-state index contributed by atoms with van der Waals surface area (Å²) in [5.74, 6) is 1.84. The van der Waals surface area contributed by atoms with Crippen molar-refractivity contribution in [3.8, 4) is 11.5 Å². The quantitative estimate of drug-likeness (QED) is 0.643. The van der Waals surface area contributed by atoms with Gasteiger partial charge in [0.25, 0.3) is 5.91 Å². The molecule has 0 bridgehead atoms. The van der Waals surface area contributed by atoms with E-state index in [9.17, 15) is 4.79 Å². The molecule has 0 aliphatic rings. The van der Waals surface area contributed by atoms with Gasteiger partial charge in [0.2, 0.25) is 5.13 Å². The fourth-order valence-corrected chi connectivity index (χ4v) is 3.47. The van der Waals surface area contributed by atoms with E-state index in [0.717, 1.165) is 15.7 Å². The second kappa shape index (κ2) is 7.46. The van der Waals surface area contributed by atoms with E-state index in [4.69, 9.17) is 9.47 Å². The minimum Gasteiger partial charge on any atom is -0.496 e. The van der Waals surface area contributed by atoms with Gasteiger partial charge in [-0.05, 0) is 24.8 Å². The van der Waals surface area contributed by atoms with Crippen molar-refractivity contribution in [2.24, 2.45) is 0 Å². The summed E-state index contributed by atoms with van der Waals surface area (Å²) in [6.07, 6.45) is 0. The SMILES string of the molecule is CCSc1nnc(NC(=O)c2cc(OC)c(C)c(OC)c2)s1. The molecule has 1 amide bonds. The van der Waals surface area contributed by atoms with Crippen LogP contribution in [0, 0.1) is 6.92 Å². The summed E-state index contributed by atoms with van der Waals surface area (Å²) in [7, 11) is 3.12. The van der Waals surface area contributed by atoms with Gasteiger partial charge in [-0.2, -0.15) is 0 Å². The van der Waals surface area contributed by atoms with Crippen molar-refractivity contribution in [3.05, 3.63) is 23.3 Å². The number of benzene rings is 1. The molecule has 0 atom stereocenters. The van der Waals surface area contributed by atoms with E-state index in [1.54, 1.807) is 38.1 Å². The molecule has 6 nitrogen and oxygen atoms in total. The Labute approximate surface area is 137 Å². The molecule has 0 aliphatic heterocycles. The van der Waals surface area contributed by atoms with E-state index in [1.165, 1.54) is 11.3 Å². The molecule has 8 heteroatoms. The van der Waals surface area contributed by atoms with Gasteiger partial charge < -0.3 is 9.47 Å². The average Bonchev–Trinajstić information content (AvgIpc) is 2.95. The maximum Gasteiger partial charge on any atom is 0.257 e. The van der Waals surface area contributed by atoms with Crippen molar-refractivity contribution in [2.75, 3.05) is 25.3 Å². The van der Waals surface area contributed by atoms with Gasteiger partial charge in [-0.3, -0.25) is 10.1 Å². The van der Waals surface area contributed by atoms with Gasteiger partial charge in [0, 0.05) is 11.1 Å². The summed E-state index contributed by atoms with van der Waals surface area (Å²) >= 11 is 2.94. The van der Waals surface area contributed by atoms with Crippen LogP contribution >= 0.6 is 23.1 Å². The third-order valence-corrected chi connectivity index (χ3v) is 4.76. The first-order chi connectivity index (χ1) is 10.6. The lowest BCUT2D eigenvalue weighted by Crippen LogP contribution is -2.12. The van der Waals surface area contributed by atoms with Crippen molar-refractivity contribution in [1.82, 2.24) is 10.2 Å². The molecule has 1 aromatic carbocycles. The van der Waals surface area contributed by atoms with E-state index < -0.39 is 0 Å². The van der Waals surface area contributed by atoms with Crippen LogP contribution in [-0.2, 0) is 0 Å². The van der Waals surface area contributed by atoms with Crippen LogP contribution in [-0.4, -0.2) is 36.1 Å². The first-order valence-electron chi connectivity index (χ1n) is 6.59. The number of carbonyl (C=O) groups excluding carboxylic acids is 1. The Hall–Kier alpha value is -1.80. The highest BCUT2D eigenvalue weighted by Gasteiger charge is 2.15. The fourth-order valence-electron chi connectivity index (χ4n) is 1.83. The zero-order chi connectivity index (χ0) is 16.1. The van der Waals surface area contributed by atoms with Crippen molar-refractivity contribution < 1.29 is 14.3 Å². The van der Waals surface area contributed by atoms with Gasteiger partial charge in [-0.25, -0.2) is 0 Å². The van der Waals surface area contributed by atoms with E-state index in [-0.39, 0.29) is 5.91 Å². The van der Waals surface area contributed by atoms with E-state index in [1.807, 2.05) is 13.8 Å². The largest absolute Gasteiger partial charge is 0.496 e. The van der Waals surface area contributed by atoms with Crippen molar-refractivity contribution in [3.63, 3.8) is 0 Å². The minimum absolute atomic E-state index is 0.277. The third kappa shape index (κ3) is 3.69. The molecule has 1 aromatic heterocycles. The number of anilines is 1. The molecule has 0 spiro atoms. The Morgan fingerprint density at radius 2 is 1.91 bits per heavy atom. The Balaban J connectivity index is 2.21. The van der Waals surface area contributed by atoms with E-state index in [2.05, 4.69) is 15.5 Å². The van der Waals surface area contributed by atoms with E-state index >= 15 is 0 Å². The van der Waals surface area contributed by atoms with E-state index in [0.29, 0.717) is 22.2 Å². The summed E-state index contributed by atoms with van der Waals surface area (Å²) in [5.41, 5.74) is 1.29. The molecule has 0 unspecified atom stereocenters. The molecule has 1 N–H and O–H groups in total. The first kappa shape index (κ1) is 16.6. The monoisotopic (exact) mass is 339 g/mol. The third-order valence-electron chi connectivity index (χ3n) is 2.91. The van der Waals surface area contributed by atoms with Gasteiger partial charge in [-0.15, -0.1) is 10.2 Å². The van der Waals surface area contributed by atoms with Crippen LogP contribution in [0.2, 0.25) is 0 Å². The molecule has 0 saturated heterocycles. The highest BCUT2D eigenvalue weighted by atomic mass is 32.2. The van der Waals surface area contributed by atoms with Crippen LogP contribution < -0.4 is 14.8 Å². The van der Waals surface area contributed by atoms with Crippen LogP contribution in [0.3, 0.4) is 0 Å². The number of thioether (sulfide) groups is 1. The zero-order valence-electron chi connectivity index (χ0n) is 12.8. The van der Waals surface area contributed by atoms with Gasteiger partial charge in [0.05, 0.1) is 14.2 Å². The van der Waals surface area contributed by atoms with Gasteiger partial charge in [-0.1, -0.05) is 30.0 Å². The molecule has 0 fully saturated rings. The predicted octanol–water partition coefficient (Wildman–Crippen LogP) is 3.23. The zero-order valence-corrected chi connectivity index (χ0v) is 14.4. The number of hydrogen-bond donors (Lipinski definition) is 1. The molecular weight excluding hydrogens is 322 g/mol. The van der Waals surface area contributed by atoms with Crippen molar-refractivity contribution in [2.45, 2.75) is 18.2 Å². The lowest BCUT2D eigenvalue weighted by atomic mass is 10.1. The second-order valence-corrected chi connectivity index (χ2v) is 6.75. The molecule has 0 aliphatic carbocycles. The number of carbonyl (C=O) groups is 1. The normalized spacial score (nSPS) is 10.4. The molecule has 2 rings (SSSR count). The summed E-state index contributed by atoms with van der Waals surface area (Å²) in [6, 6.07) is 3.35. The molecular formula is C14H17N3O3S2. The van der Waals surface area contributed by atoms with Gasteiger partial charge >= 0.3 is 0 Å². The highest BCUT2D eigenvalue weighted by molar-refractivity contribution is 8.01. The number of hydrogen-bond acceptors (Lipinski definition) is 7. The van der Waals surface area contributed by atoms with Crippen LogP contribution in [0.5, 0.6) is 11.5 Å². The molecule has 2 aromatic rings. The Kier molecular flexibility index (Phi) is 5.62. The first-order valence-corrected chi connectivity index (χ1v) is 8.39. The summed E-state index contributed by atoms with van der Waals surface area (Å²) in [5, 5.41) is 11.2. The molecule has 1 heterocycles. The van der Waals surface area contributed by atoms with Crippen molar-refractivity contribution in [1.29, 1.82) is 0 Å². The predicted molar refractivity (Wildman–Crippen MR) is 88.5 cm³/mol. The maximum absolute atomic E-state index is 12.3. The molecule has 0 saturated carbocycles. The number of rotatable bonds is 6. The smallest absolute Gasteiger partial charge is 0.257 e. The van der Waals surface area contributed by atoms with Crippen molar-refractivity contribution >= 4 is 34.1 Å².